The first-order valence-corrected chi connectivity index (χ1v) is 9.84. The molecule has 0 unspecified atom stereocenters. The van der Waals surface area contributed by atoms with Gasteiger partial charge in [0.2, 0.25) is 5.91 Å². The quantitative estimate of drug-likeness (QED) is 0.531. The summed E-state index contributed by atoms with van der Waals surface area (Å²) in [5, 5.41) is 9.36. The number of likely N-dealkylation sites (N-methyl/N-ethyl adjacent to an activating group) is 1. The fourth-order valence-electron chi connectivity index (χ4n) is 3.35. The zero-order chi connectivity index (χ0) is 20.6. The van der Waals surface area contributed by atoms with Crippen molar-refractivity contribution in [3.63, 3.8) is 0 Å². The minimum atomic E-state index is -0.148. The molecule has 0 saturated carbocycles. The standard InChI is InChI=1S/C21H28N6O2/c1-22-8-3-4-20(28)27-10-6-17(7-11-27)26-18-12-16(14-25-21(18)29)15-5-9-24-19(13-15)23-2/h3-5,9,12-14,17,22,26H,6-8,10-11H2,1-2H3,(H,23,24)(H,25,29). The van der Waals surface area contributed by atoms with Crippen molar-refractivity contribution in [2.24, 2.45) is 0 Å². The van der Waals surface area contributed by atoms with Gasteiger partial charge >= 0.3 is 0 Å². The Morgan fingerprint density at radius 3 is 2.79 bits per heavy atom. The predicted octanol–water partition coefficient (Wildman–Crippen LogP) is 1.66. The Kier molecular flexibility index (Phi) is 7.02. The van der Waals surface area contributed by atoms with Crippen LogP contribution in [-0.2, 0) is 4.79 Å². The van der Waals surface area contributed by atoms with E-state index in [2.05, 4.69) is 25.9 Å². The van der Waals surface area contributed by atoms with Crippen LogP contribution in [0, 0.1) is 0 Å². The average molecular weight is 396 g/mol. The third-order valence-corrected chi connectivity index (χ3v) is 5.00. The summed E-state index contributed by atoms with van der Waals surface area (Å²) in [6.45, 7) is 2.03. The van der Waals surface area contributed by atoms with E-state index in [1.54, 1.807) is 18.5 Å². The Morgan fingerprint density at radius 1 is 1.28 bits per heavy atom. The maximum Gasteiger partial charge on any atom is 0.271 e. The van der Waals surface area contributed by atoms with E-state index in [1.165, 1.54) is 0 Å². The fourth-order valence-corrected chi connectivity index (χ4v) is 3.35. The third-order valence-electron chi connectivity index (χ3n) is 5.00. The van der Waals surface area contributed by atoms with Crippen LogP contribution in [-0.4, -0.2) is 60.5 Å². The number of likely N-dealkylation sites (tertiary alicyclic amines) is 1. The van der Waals surface area contributed by atoms with E-state index in [0.29, 0.717) is 25.3 Å². The van der Waals surface area contributed by atoms with Gasteiger partial charge in [0.05, 0.1) is 0 Å². The molecule has 0 radical (unpaired) electrons. The van der Waals surface area contributed by atoms with Crippen LogP contribution in [0.25, 0.3) is 11.1 Å². The number of carbonyl (C=O) groups is 1. The SMILES string of the molecule is CNCC=CC(=O)N1CCC(Nc2cc(-c3ccnc(NC)c3)c[nH]c2=O)CC1. The summed E-state index contributed by atoms with van der Waals surface area (Å²) >= 11 is 0. The molecule has 0 aromatic carbocycles. The summed E-state index contributed by atoms with van der Waals surface area (Å²) in [5.41, 5.74) is 2.28. The van der Waals surface area contributed by atoms with Crippen LogP contribution in [0.5, 0.6) is 0 Å². The van der Waals surface area contributed by atoms with Crippen LogP contribution in [0.3, 0.4) is 0 Å². The highest BCUT2D eigenvalue weighted by Gasteiger charge is 2.22. The van der Waals surface area contributed by atoms with Gasteiger partial charge in [0.15, 0.2) is 0 Å². The zero-order valence-corrected chi connectivity index (χ0v) is 16.9. The molecule has 8 nitrogen and oxygen atoms in total. The molecule has 4 N–H and O–H groups in total. The number of carbonyl (C=O) groups excluding carboxylic acids is 1. The number of hydrogen-bond acceptors (Lipinski definition) is 6. The molecular formula is C21H28N6O2. The molecule has 1 aliphatic heterocycles. The molecular weight excluding hydrogens is 368 g/mol. The van der Waals surface area contributed by atoms with Gasteiger partial charge < -0.3 is 25.8 Å². The van der Waals surface area contributed by atoms with E-state index < -0.39 is 0 Å². The Hall–Kier alpha value is -3.13. The van der Waals surface area contributed by atoms with E-state index in [-0.39, 0.29) is 17.5 Å². The first-order valence-electron chi connectivity index (χ1n) is 9.84. The molecule has 3 rings (SSSR count). The van der Waals surface area contributed by atoms with Crippen molar-refractivity contribution < 1.29 is 4.79 Å². The maximum absolute atomic E-state index is 12.3. The minimum Gasteiger partial charge on any atom is -0.378 e. The number of piperidine rings is 1. The van der Waals surface area contributed by atoms with Crippen LogP contribution in [0.1, 0.15) is 12.8 Å². The maximum atomic E-state index is 12.3. The second-order valence-corrected chi connectivity index (χ2v) is 7.01. The van der Waals surface area contributed by atoms with Crippen molar-refractivity contribution in [1.82, 2.24) is 20.2 Å². The molecule has 2 aromatic heterocycles. The van der Waals surface area contributed by atoms with E-state index in [0.717, 1.165) is 29.8 Å². The van der Waals surface area contributed by atoms with Gasteiger partial charge in [0.1, 0.15) is 11.5 Å². The largest absolute Gasteiger partial charge is 0.378 e. The number of rotatable bonds is 7. The molecule has 0 aliphatic carbocycles. The molecule has 0 atom stereocenters. The normalized spacial score (nSPS) is 14.9. The van der Waals surface area contributed by atoms with Gasteiger partial charge in [-0.2, -0.15) is 0 Å². The molecule has 154 valence electrons. The first kappa shape index (κ1) is 20.6. The Morgan fingerprint density at radius 2 is 2.07 bits per heavy atom. The number of amides is 1. The van der Waals surface area contributed by atoms with Crippen molar-refractivity contribution in [1.29, 1.82) is 0 Å². The number of pyridine rings is 2. The summed E-state index contributed by atoms with van der Waals surface area (Å²) in [7, 11) is 3.66. The molecule has 0 spiro atoms. The van der Waals surface area contributed by atoms with E-state index in [4.69, 9.17) is 0 Å². The number of anilines is 2. The molecule has 1 aliphatic rings. The average Bonchev–Trinajstić information content (AvgIpc) is 2.76. The van der Waals surface area contributed by atoms with E-state index in [1.807, 2.05) is 43.3 Å². The smallest absolute Gasteiger partial charge is 0.271 e. The Labute approximate surface area is 170 Å². The van der Waals surface area contributed by atoms with Crippen LogP contribution < -0.4 is 21.5 Å². The number of aromatic amines is 1. The van der Waals surface area contributed by atoms with Crippen LogP contribution in [0.2, 0.25) is 0 Å². The molecule has 2 aromatic rings. The van der Waals surface area contributed by atoms with Gasteiger partial charge in [-0.25, -0.2) is 4.98 Å². The highest BCUT2D eigenvalue weighted by atomic mass is 16.2. The summed E-state index contributed by atoms with van der Waals surface area (Å²) in [5.74, 6) is 0.806. The molecule has 29 heavy (non-hydrogen) atoms. The molecule has 1 fully saturated rings. The lowest BCUT2D eigenvalue weighted by Crippen LogP contribution is -2.42. The van der Waals surface area contributed by atoms with E-state index >= 15 is 0 Å². The van der Waals surface area contributed by atoms with Crippen LogP contribution in [0.4, 0.5) is 11.5 Å². The first-order chi connectivity index (χ1) is 14.1. The van der Waals surface area contributed by atoms with Gasteiger partial charge in [-0.3, -0.25) is 9.59 Å². The number of hydrogen-bond donors (Lipinski definition) is 4. The second kappa shape index (κ2) is 9.88. The van der Waals surface area contributed by atoms with Crippen LogP contribution >= 0.6 is 0 Å². The molecule has 8 heteroatoms. The predicted molar refractivity (Wildman–Crippen MR) is 116 cm³/mol. The van der Waals surface area contributed by atoms with Gasteiger partial charge in [-0.1, -0.05) is 6.08 Å². The fraction of sp³-hybridized carbons (Fsp3) is 0.381. The number of nitrogens with one attached hydrogen (secondary N) is 4. The minimum absolute atomic E-state index is 0.0385. The molecule has 0 bridgehead atoms. The Bertz CT molecular complexity index is 915. The van der Waals surface area contributed by atoms with Crippen molar-refractivity contribution in [3.05, 3.63) is 53.1 Å². The third kappa shape index (κ3) is 5.45. The highest BCUT2D eigenvalue weighted by Crippen LogP contribution is 2.23. The van der Waals surface area contributed by atoms with Crippen molar-refractivity contribution >= 4 is 17.4 Å². The molecule has 1 saturated heterocycles. The van der Waals surface area contributed by atoms with E-state index in [9.17, 15) is 9.59 Å². The lowest BCUT2D eigenvalue weighted by molar-refractivity contribution is -0.126. The molecule has 1 amide bonds. The summed E-state index contributed by atoms with van der Waals surface area (Å²) in [6, 6.07) is 5.86. The van der Waals surface area contributed by atoms with Crippen molar-refractivity contribution in [2.75, 3.05) is 44.4 Å². The van der Waals surface area contributed by atoms with Gasteiger partial charge in [0.25, 0.3) is 5.56 Å². The molecule has 3 heterocycles. The lowest BCUT2D eigenvalue weighted by atomic mass is 10.0. The zero-order valence-electron chi connectivity index (χ0n) is 16.9. The highest BCUT2D eigenvalue weighted by molar-refractivity contribution is 5.87. The number of H-pyrrole nitrogens is 1. The summed E-state index contributed by atoms with van der Waals surface area (Å²) in [4.78, 5) is 33.4. The van der Waals surface area contributed by atoms with Crippen LogP contribution in [0.15, 0.2) is 47.5 Å². The van der Waals surface area contributed by atoms with Crippen molar-refractivity contribution in [2.45, 2.75) is 18.9 Å². The van der Waals surface area contributed by atoms with Gasteiger partial charge in [-0.15, -0.1) is 0 Å². The Balaban J connectivity index is 1.64. The number of aromatic nitrogens is 2. The van der Waals surface area contributed by atoms with Gasteiger partial charge in [-0.05, 0) is 43.7 Å². The summed E-state index contributed by atoms with van der Waals surface area (Å²) < 4.78 is 0. The lowest BCUT2D eigenvalue weighted by Gasteiger charge is -2.32. The topological polar surface area (TPSA) is 102 Å². The van der Waals surface area contributed by atoms with Gasteiger partial charge in [0, 0.05) is 56.8 Å². The second-order valence-electron chi connectivity index (χ2n) is 7.01. The van der Waals surface area contributed by atoms with Crippen molar-refractivity contribution in [3.8, 4) is 11.1 Å². The number of nitrogens with zero attached hydrogens (tertiary/aromatic N) is 2. The summed E-state index contributed by atoms with van der Waals surface area (Å²) in [6.07, 6.45) is 8.49. The monoisotopic (exact) mass is 396 g/mol.